The molecule has 16 heavy (non-hydrogen) atoms. The highest BCUT2D eigenvalue weighted by molar-refractivity contribution is 5.82. The molecule has 94 valence electrons. The van der Waals surface area contributed by atoms with Gasteiger partial charge in [0.05, 0.1) is 6.04 Å². The maximum Gasteiger partial charge on any atom is 0.240 e. The molecule has 1 aliphatic rings. The lowest BCUT2D eigenvalue weighted by Crippen LogP contribution is -2.46. The van der Waals surface area contributed by atoms with E-state index >= 15 is 0 Å². The van der Waals surface area contributed by atoms with Crippen molar-refractivity contribution in [3.63, 3.8) is 0 Å². The molecule has 0 bridgehead atoms. The average Bonchev–Trinajstić information content (AvgIpc) is 2.36. The summed E-state index contributed by atoms with van der Waals surface area (Å²) >= 11 is 0. The molecule has 1 N–H and O–H groups in total. The summed E-state index contributed by atoms with van der Waals surface area (Å²) in [5.74, 6) is 0.183. The number of rotatable bonds is 4. The standard InChI is InChI=1S/C12H24N2O2/c1-4-7-14-8-5-10(2)13(3)11(6-9-15)12(14)16/h10-11,15H,4-9H2,1-3H3. The topological polar surface area (TPSA) is 43.8 Å². The van der Waals surface area contributed by atoms with Crippen LogP contribution < -0.4 is 0 Å². The number of nitrogens with zero attached hydrogens (tertiary/aromatic N) is 2. The van der Waals surface area contributed by atoms with Crippen molar-refractivity contribution in [1.82, 2.24) is 9.80 Å². The van der Waals surface area contributed by atoms with E-state index in [1.807, 2.05) is 11.9 Å². The number of aliphatic hydroxyl groups is 1. The molecule has 2 unspecified atom stereocenters. The van der Waals surface area contributed by atoms with Gasteiger partial charge >= 0.3 is 0 Å². The summed E-state index contributed by atoms with van der Waals surface area (Å²) in [4.78, 5) is 16.3. The monoisotopic (exact) mass is 228 g/mol. The van der Waals surface area contributed by atoms with Crippen LogP contribution in [0.2, 0.25) is 0 Å². The molecule has 1 amide bonds. The quantitative estimate of drug-likeness (QED) is 0.770. The molecule has 0 spiro atoms. The number of amides is 1. The van der Waals surface area contributed by atoms with Crippen LogP contribution in [0.15, 0.2) is 0 Å². The zero-order chi connectivity index (χ0) is 12.1. The first kappa shape index (κ1) is 13.5. The fourth-order valence-electron chi connectivity index (χ4n) is 2.29. The van der Waals surface area contributed by atoms with Gasteiger partial charge in [0.1, 0.15) is 0 Å². The summed E-state index contributed by atoms with van der Waals surface area (Å²) < 4.78 is 0. The van der Waals surface area contributed by atoms with Crippen LogP contribution in [-0.2, 0) is 4.79 Å². The van der Waals surface area contributed by atoms with Gasteiger partial charge in [0.2, 0.25) is 5.91 Å². The third-order valence-corrected chi connectivity index (χ3v) is 3.50. The minimum atomic E-state index is -0.144. The van der Waals surface area contributed by atoms with E-state index in [4.69, 9.17) is 5.11 Å². The zero-order valence-electron chi connectivity index (χ0n) is 10.6. The molecule has 1 aliphatic heterocycles. The first-order valence-corrected chi connectivity index (χ1v) is 6.23. The van der Waals surface area contributed by atoms with E-state index in [0.29, 0.717) is 12.5 Å². The van der Waals surface area contributed by atoms with E-state index in [1.165, 1.54) is 0 Å². The smallest absolute Gasteiger partial charge is 0.240 e. The maximum absolute atomic E-state index is 12.3. The lowest BCUT2D eigenvalue weighted by Gasteiger charge is -2.30. The largest absolute Gasteiger partial charge is 0.396 e. The number of aliphatic hydroxyl groups excluding tert-OH is 1. The van der Waals surface area contributed by atoms with Gasteiger partial charge in [-0.2, -0.15) is 0 Å². The molecule has 0 aliphatic carbocycles. The average molecular weight is 228 g/mol. The number of carbonyl (C=O) groups is 1. The minimum Gasteiger partial charge on any atom is -0.396 e. The predicted molar refractivity (Wildman–Crippen MR) is 64.2 cm³/mol. The highest BCUT2D eigenvalue weighted by Gasteiger charge is 2.32. The molecule has 0 aromatic heterocycles. The highest BCUT2D eigenvalue weighted by atomic mass is 16.3. The first-order valence-electron chi connectivity index (χ1n) is 6.23. The minimum absolute atomic E-state index is 0.0768. The van der Waals surface area contributed by atoms with Crippen LogP contribution in [0.25, 0.3) is 0 Å². The van der Waals surface area contributed by atoms with Gasteiger partial charge in [0.15, 0.2) is 0 Å². The van der Waals surface area contributed by atoms with Crippen LogP contribution >= 0.6 is 0 Å². The Morgan fingerprint density at radius 2 is 2.19 bits per heavy atom. The lowest BCUT2D eigenvalue weighted by molar-refractivity contribution is -0.135. The molecule has 0 radical (unpaired) electrons. The second kappa shape index (κ2) is 6.21. The Bertz CT molecular complexity index is 233. The van der Waals surface area contributed by atoms with Gasteiger partial charge in [-0.1, -0.05) is 6.92 Å². The lowest BCUT2D eigenvalue weighted by atomic mass is 10.1. The van der Waals surface area contributed by atoms with Gasteiger partial charge in [-0.05, 0) is 33.2 Å². The van der Waals surface area contributed by atoms with Crippen molar-refractivity contribution in [3.05, 3.63) is 0 Å². The van der Waals surface area contributed by atoms with Crippen LogP contribution in [0.4, 0.5) is 0 Å². The Morgan fingerprint density at radius 3 is 2.75 bits per heavy atom. The van der Waals surface area contributed by atoms with Crippen molar-refractivity contribution < 1.29 is 9.90 Å². The SMILES string of the molecule is CCCN1CCC(C)N(C)C(CCO)C1=O. The van der Waals surface area contributed by atoms with Crippen LogP contribution in [0.5, 0.6) is 0 Å². The number of hydrogen-bond donors (Lipinski definition) is 1. The van der Waals surface area contributed by atoms with Crippen LogP contribution in [0.3, 0.4) is 0 Å². The summed E-state index contributed by atoms with van der Waals surface area (Å²) in [6, 6.07) is 0.261. The third-order valence-electron chi connectivity index (χ3n) is 3.50. The second-order valence-electron chi connectivity index (χ2n) is 4.66. The molecule has 0 aromatic carbocycles. The van der Waals surface area contributed by atoms with Gasteiger partial charge < -0.3 is 10.0 Å². The van der Waals surface area contributed by atoms with Crippen molar-refractivity contribution in [2.24, 2.45) is 0 Å². The Labute approximate surface area is 98.2 Å². The molecule has 1 fully saturated rings. The summed E-state index contributed by atoms with van der Waals surface area (Å²) in [5, 5.41) is 9.05. The fraction of sp³-hybridized carbons (Fsp3) is 0.917. The van der Waals surface area contributed by atoms with Gasteiger partial charge in [0.25, 0.3) is 0 Å². The van der Waals surface area contributed by atoms with E-state index in [0.717, 1.165) is 25.9 Å². The molecule has 0 saturated carbocycles. The predicted octanol–water partition coefficient (Wildman–Crippen LogP) is 0.700. The molecule has 1 saturated heterocycles. The Hall–Kier alpha value is -0.610. The molecular weight excluding hydrogens is 204 g/mol. The van der Waals surface area contributed by atoms with Crippen molar-refractivity contribution >= 4 is 5.91 Å². The van der Waals surface area contributed by atoms with E-state index in [9.17, 15) is 4.79 Å². The highest BCUT2D eigenvalue weighted by Crippen LogP contribution is 2.17. The van der Waals surface area contributed by atoms with E-state index < -0.39 is 0 Å². The van der Waals surface area contributed by atoms with Gasteiger partial charge in [-0.15, -0.1) is 0 Å². The van der Waals surface area contributed by atoms with E-state index in [1.54, 1.807) is 0 Å². The molecule has 1 heterocycles. The number of hydrogen-bond acceptors (Lipinski definition) is 3. The van der Waals surface area contributed by atoms with E-state index in [-0.39, 0.29) is 18.6 Å². The molecule has 1 rings (SSSR count). The molecule has 0 aromatic rings. The van der Waals surface area contributed by atoms with Crippen LogP contribution in [0, 0.1) is 0 Å². The number of likely N-dealkylation sites (N-methyl/N-ethyl adjacent to an activating group) is 1. The Kier molecular flexibility index (Phi) is 5.22. The summed E-state index contributed by atoms with van der Waals surface area (Å²) in [6.07, 6.45) is 2.56. The molecule has 2 atom stereocenters. The number of carbonyl (C=O) groups excluding carboxylic acids is 1. The third kappa shape index (κ3) is 2.95. The second-order valence-corrected chi connectivity index (χ2v) is 4.66. The Balaban J connectivity index is 2.78. The van der Waals surface area contributed by atoms with Crippen LogP contribution in [0.1, 0.15) is 33.1 Å². The van der Waals surface area contributed by atoms with Crippen LogP contribution in [-0.4, -0.2) is 59.6 Å². The summed E-state index contributed by atoms with van der Waals surface area (Å²) in [7, 11) is 1.98. The molecule has 4 heteroatoms. The summed E-state index contributed by atoms with van der Waals surface area (Å²) in [6.45, 7) is 5.99. The Morgan fingerprint density at radius 1 is 1.50 bits per heavy atom. The van der Waals surface area contributed by atoms with Crippen molar-refractivity contribution in [1.29, 1.82) is 0 Å². The zero-order valence-corrected chi connectivity index (χ0v) is 10.6. The summed E-state index contributed by atoms with van der Waals surface area (Å²) in [5.41, 5.74) is 0. The van der Waals surface area contributed by atoms with Crippen molar-refractivity contribution in [3.8, 4) is 0 Å². The van der Waals surface area contributed by atoms with Crippen molar-refractivity contribution in [2.75, 3.05) is 26.7 Å². The first-order chi connectivity index (χ1) is 7.61. The molecular formula is C12H24N2O2. The van der Waals surface area contributed by atoms with E-state index in [2.05, 4.69) is 18.7 Å². The van der Waals surface area contributed by atoms with Gasteiger partial charge in [-0.25, -0.2) is 0 Å². The van der Waals surface area contributed by atoms with Crippen molar-refractivity contribution in [2.45, 2.75) is 45.2 Å². The van der Waals surface area contributed by atoms with Gasteiger partial charge in [-0.3, -0.25) is 9.69 Å². The maximum atomic E-state index is 12.3. The molecule has 4 nitrogen and oxygen atoms in total. The fourth-order valence-corrected chi connectivity index (χ4v) is 2.29. The van der Waals surface area contributed by atoms with Gasteiger partial charge in [0, 0.05) is 25.7 Å². The normalized spacial score (nSPS) is 28.2.